The van der Waals surface area contributed by atoms with Crippen molar-refractivity contribution in [2.75, 3.05) is 13.2 Å². The minimum Gasteiger partial charge on any atom is -0.462 e. The fraction of sp³-hybridized carbons (Fsp3) is 0.827. The Morgan fingerprint density at radius 3 is 0.716 bits per heavy atom. The van der Waals surface area contributed by atoms with Crippen molar-refractivity contribution in [2.45, 2.75) is 386 Å². The van der Waals surface area contributed by atoms with E-state index in [0.29, 0.717) is 19.3 Å². The van der Waals surface area contributed by atoms with Crippen molar-refractivity contribution in [3.8, 4) is 0 Å². The van der Waals surface area contributed by atoms with E-state index >= 15 is 0 Å². The van der Waals surface area contributed by atoms with Crippen LogP contribution in [0.5, 0.6) is 0 Å². The largest absolute Gasteiger partial charge is 0.462 e. The summed E-state index contributed by atoms with van der Waals surface area (Å²) in [6, 6.07) is 0. The van der Waals surface area contributed by atoms with Crippen molar-refractivity contribution >= 4 is 17.9 Å². The van der Waals surface area contributed by atoms with Gasteiger partial charge in [-0.3, -0.25) is 14.4 Å². The molecule has 0 aliphatic heterocycles. The monoisotopic (exact) mass is 1130 g/mol. The zero-order valence-corrected chi connectivity index (χ0v) is 54.3. The number of hydrogen-bond donors (Lipinski definition) is 0. The normalized spacial score (nSPS) is 12.4. The van der Waals surface area contributed by atoms with Crippen LogP contribution >= 0.6 is 0 Å². The molecule has 0 aromatic carbocycles. The molecule has 0 aliphatic carbocycles. The van der Waals surface area contributed by atoms with Gasteiger partial charge in [0.05, 0.1) is 0 Å². The first-order valence-corrected chi connectivity index (χ1v) is 35.8. The van der Waals surface area contributed by atoms with Gasteiger partial charge in [0, 0.05) is 19.3 Å². The number of rotatable bonds is 66. The fourth-order valence-corrected chi connectivity index (χ4v) is 10.6. The third-order valence-electron chi connectivity index (χ3n) is 16.0. The van der Waals surface area contributed by atoms with Crippen LogP contribution in [-0.2, 0) is 28.6 Å². The van der Waals surface area contributed by atoms with E-state index in [1.807, 2.05) is 0 Å². The van der Waals surface area contributed by atoms with Crippen molar-refractivity contribution in [1.82, 2.24) is 0 Å². The van der Waals surface area contributed by atoms with Gasteiger partial charge < -0.3 is 14.2 Å². The van der Waals surface area contributed by atoms with E-state index in [1.54, 1.807) is 0 Å². The van der Waals surface area contributed by atoms with Gasteiger partial charge in [-0.05, 0) is 109 Å². The minimum atomic E-state index is -0.783. The summed E-state index contributed by atoms with van der Waals surface area (Å²) in [6.45, 7) is 6.63. The number of carbonyl (C=O) groups is 3. The molecule has 0 amide bonds. The maximum Gasteiger partial charge on any atom is 0.306 e. The third-order valence-corrected chi connectivity index (χ3v) is 16.0. The van der Waals surface area contributed by atoms with Crippen LogP contribution in [0.15, 0.2) is 60.8 Å². The van der Waals surface area contributed by atoms with Crippen LogP contribution in [0.25, 0.3) is 0 Å². The molecule has 0 spiro atoms. The molecule has 1 unspecified atom stereocenters. The van der Waals surface area contributed by atoms with Crippen LogP contribution in [0.3, 0.4) is 0 Å². The van der Waals surface area contributed by atoms with Gasteiger partial charge in [-0.15, -0.1) is 0 Å². The lowest BCUT2D eigenvalue weighted by atomic mass is 10.0. The van der Waals surface area contributed by atoms with Gasteiger partial charge in [0.1, 0.15) is 13.2 Å². The average molecular weight is 1130 g/mol. The molecule has 0 fully saturated rings. The van der Waals surface area contributed by atoms with E-state index in [1.165, 1.54) is 257 Å². The number of ether oxygens (including phenoxy) is 3. The molecule has 472 valence electrons. The molecule has 0 aromatic heterocycles. The van der Waals surface area contributed by atoms with Gasteiger partial charge >= 0.3 is 17.9 Å². The highest BCUT2D eigenvalue weighted by Crippen LogP contribution is 2.18. The number of carbonyl (C=O) groups excluding carboxylic acids is 3. The Hall–Kier alpha value is -2.89. The summed E-state index contributed by atoms with van der Waals surface area (Å²) in [4.78, 5) is 38.4. The summed E-state index contributed by atoms with van der Waals surface area (Å²) in [5, 5.41) is 0. The summed E-state index contributed by atoms with van der Waals surface area (Å²) in [7, 11) is 0. The molecular formula is C75H136O6. The number of esters is 3. The maximum atomic E-state index is 12.9. The molecule has 6 heteroatoms. The zero-order chi connectivity index (χ0) is 58.5. The summed E-state index contributed by atoms with van der Waals surface area (Å²) in [5.74, 6) is -0.870. The van der Waals surface area contributed by atoms with Crippen LogP contribution in [-0.4, -0.2) is 37.2 Å². The molecule has 0 N–H and O–H groups in total. The van der Waals surface area contributed by atoms with E-state index in [0.717, 1.165) is 83.5 Å². The molecule has 0 saturated heterocycles. The zero-order valence-electron chi connectivity index (χ0n) is 54.3. The Bertz CT molecular complexity index is 1440. The lowest BCUT2D eigenvalue weighted by Gasteiger charge is -2.18. The molecule has 1 atom stereocenters. The van der Waals surface area contributed by atoms with Gasteiger partial charge in [-0.25, -0.2) is 0 Å². The second-order valence-electron chi connectivity index (χ2n) is 24.1. The van der Waals surface area contributed by atoms with Crippen molar-refractivity contribution < 1.29 is 28.6 Å². The number of unbranched alkanes of at least 4 members (excludes halogenated alkanes) is 45. The lowest BCUT2D eigenvalue weighted by molar-refractivity contribution is -0.167. The van der Waals surface area contributed by atoms with Crippen LogP contribution in [0, 0.1) is 0 Å². The predicted molar refractivity (Wildman–Crippen MR) is 353 cm³/mol. The first kappa shape index (κ1) is 78.1. The van der Waals surface area contributed by atoms with Crippen molar-refractivity contribution in [3.05, 3.63) is 60.8 Å². The van der Waals surface area contributed by atoms with Crippen LogP contribution in [0.4, 0.5) is 0 Å². The smallest absolute Gasteiger partial charge is 0.306 e. The van der Waals surface area contributed by atoms with Crippen molar-refractivity contribution in [1.29, 1.82) is 0 Å². The summed E-state index contributed by atoms with van der Waals surface area (Å²) >= 11 is 0. The predicted octanol–water partition coefficient (Wildman–Crippen LogP) is 24.7. The first-order chi connectivity index (χ1) is 40.0. The summed E-state index contributed by atoms with van der Waals surface area (Å²) in [6.07, 6.45) is 89.6. The van der Waals surface area contributed by atoms with Gasteiger partial charge in [0.15, 0.2) is 6.10 Å². The topological polar surface area (TPSA) is 78.9 Å². The van der Waals surface area contributed by atoms with Crippen molar-refractivity contribution in [2.24, 2.45) is 0 Å². The summed E-state index contributed by atoms with van der Waals surface area (Å²) in [5.41, 5.74) is 0. The minimum absolute atomic E-state index is 0.0769. The number of hydrogen-bond acceptors (Lipinski definition) is 6. The molecule has 0 aliphatic rings. The molecule has 0 saturated carbocycles. The SMILES string of the molecule is CCCCC/C=C\C/C=C\CCCCCCCCCC(=O)OCC(COC(=O)CCCCCCCCCCCCCCCCCCC/C=C\CCCCCCCCCC)OC(=O)CCCCCCCCC/C=C\C/C=C\CCCCC. The van der Waals surface area contributed by atoms with Gasteiger partial charge in [0.2, 0.25) is 0 Å². The van der Waals surface area contributed by atoms with Crippen LogP contribution < -0.4 is 0 Å². The quantitative estimate of drug-likeness (QED) is 0.0261. The van der Waals surface area contributed by atoms with Crippen molar-refractivity contribution in [3.63, 3.8) is 0 Å². The fourth-order valence-electron chi connectivity index (χ4n) is 10.6. The summed E-state index contributed by atoms with van der Waals surface area (Å²) < 4.78 is 17.0. The molecule has 0 radical (unpaired) electrons. The Morgan fingerprint density at radius 1 is 0.247 bits per heavy atom. The highest BCUT2D eigenvalue weighted by molar-refractivity contribution is 5.71. The van der Waals surface area contributed by atoms with E-state index in [2.05, 4.69) is 81.5 Å². The lowest BCUT2D eigenvalue weighted by Crippen LogP contribution is -2.30. The molecule has 0 aromatic rings. The molecule has 0 rings (SSSR count). The Labute approximate surface area is 504 Å². The number of allylic oxidation sites excluding steroid dienone is 10. The molecule has 0 heterocycles. The standard InChI is InChI=1S/C75H136O6/c1-4-7-10-13-16-19-22-25-28-31-32-33-34-35-36-37-38-39-40-41-42-45-47-50-53-56-59-62-65-68-74(77)80-71-72(81-75(78)69-66-63-60-57-54-51-48-44-30-27-24-21-18-15-12-9-6-3)70-79-73(76)67-64-61-58-55-52-49-46-43-29-26-23-20-17-14-11-8-5-2/h17-18,20-21,26-27,29-32,72H,4-16,19,22-25,28,33-71H2,1-3H3/b20-17-,21-18-,29-26-,30-27-,32-31-. The average Bonchev–Trinajstić information content (AvgIpc) is 3.47. The first-order valence-electron chi connectivity index (χ1n) is 35.8. The second-order valence-corrected chi connectivity index (χ2v) is 24.1. The van der Waals surface area contributed by atoms with Gasteiger partial charge in [-0.2, -0.15) is 0 Å². The maximum absolute atomic E-state index is 12.9. The van der Waals surface area contributed by atoms with E-state index in [-0.39, 0.29) is 31.1 Å². The Kier molecular flexibility index (Phi) is 67.1. The molecule has 6 nitrogen and oxygen atoms in total. The highest BCUT2D eigenvalue weighted by atomic mass is 16.6. The molecular weight excluding hydrogens is 997 g/mol. The third kappa shape index (κ3) is 67.8. The van der Waals surface area contributed by atoms with E-state index in [4.69, 9.17) is 14.2 Å². The van der Waals surface area contributed by atoms with Crippen LogP contribution in [0.2, 0.25) is 0 Å². The Morgan fingerprint density at radius 2 is 0.444 bits per heavy atom. The Balaban J connectivity index is 4.25. The van der Waals surface area contributed by atoms with Gasteiger partial charge in [-0.1, -0.05) is 313 Å². The van der Waals surface area contributed by atoms with E-state index in [9.17, 15) is 14.4 Å². The highest BCUT2D eigenvalue weighted by Gasteiger charge is 2.19. The molecule has 81 heavy (non-hydrogen) atoms. The second kappa shape index (κ2) is 69.6. The molecule has 0 bridgehead atoms. The van der Waals surface area contributed by atoms with E-state index < -0.39 is 6.10 Å². The van der Waals surface area contributed by atoms with Crippen LogP contribution in [0.1, 0.15) is 380 Å². The van der Waals surface area contributed by atoms with Gasteiger partial charge in [0.25, 0.3) is 0 Å².